The van der Waals surface area contributed by atoms with Crippen molar-refractivity contribution in [3.05, 3.63) is 0 Å². The molecule has 0 spiro atoms. The maximum absolute atomic E-state index is 12.0. The predicted octanol–water partition coefficient (Wildman–Crippen LogP) is 1.87. The van der Waals surface area contributed by atoms with Gasteiger partial charge in [0.1, 0.15) is 0 Å². The Kier molecular flexibility index (Phi) is 2.49. The van der Waals surface area contributed by atoms with E-state index in [0.717, 1.165) is 12.8 Å². The minimum absolute atomic E-state index is 0.169. The van der Waals surface area contributed by atoms with Crippen molar-refractivity contribution in [2.75, 3.05) is 20.7 Å². The summed E-state index contributed by atoms with van der Waals surface area (Å²) in [6, 6.07) is 0. The van der Waals surface area contributed by atoms with Crippen molar-refractivity contribution in [1.29, 1.82) is 0 Å². The lowest BCUT2D eigenvalue weighted by atomic mass is 10.1. The van der Waals surface area contributed by atoms with E-state index in [1.54, 1.807) is 18.8 Å². The minimum atomic E-state index is -2.92. The van der Waals surface area contributed by atoms with Crippen molar-refractivity contribution in [2.45, 2.75) is 25.4 Å². The van der Waals surface area contributed by atoms with Crippen LogP contribution in [0.25, 0.3) is 0 Å². The summed E-state index contributed by atoms with van der Waals surface area (Å²) in [5.74, 6) is 0.474. The molecule has 0 unspecified atom stereocenters. The molecule has 1 aliphatic carbocycles. The summed E-state index contributed by atoms with van der Waals surface area (Å²) >= 11 is 0. The van der Waals surface area contributed by atoms with Crippen molar-refractivity contribution in [3.8, 4) is 0 Å². The summed E-state index contributed by atoms with van der Waals surface area (Å²) in [4.78, 5) is 0. The van der Waals surface area contributed by atoms with E-state index in [9.17, 15) is 4.57 Å². The minimum Gasteiger partial charge on any atom is -0.296 e. The van der Waals surface area contributed by atoms with E-state index in [0.29, 0.717) is 12.5 Å². The highest BCUT2D eigenvalue weighted by Crippen LogP contribution is 2.57. The zero-order chi connectivity index (χ0) is 9.47. The first kappa shape index (κ1) is 9.66. The van der Waals surface area contributed by atoms with Crippen LogP contribution >= 0.6 is 7.75 Å². The molecule has 2 fully saturated rings. The Morgan fingerprint density at radius 2 is 2.15 bits per heavy atom. The average Bonchev–Trinajstić information content (AvgIpc) is 2.50. The molecule has 0 aromatic heterocycles. The molecule has 0 N–H and O–H groups in total. The van der Waals surface area contributed by atoms with Gasteiger partial charge in [-0.2, -0.15) is 0 Å². The Bertz CT molecular complexity index is 244. The van der Waals surface area contributed by atoms with Gasteiger partial charge in [-0.15, -0.1) is 0 Å². The molecule has 1 saturated carbocycles. The second kappa shape index (κ2) is 3.35. The first-order valence-electron chi connectivity index (χ1n) is 4.72. The van der Waals surface area contributed by atoms with Crippen LogP contribution in [0.3, 0.4) is 0 Å². The molecule has 0 aromatic carbocycles. The summed E-state index contributed by atoms with van der Waals surface area (Å²) < 4.78 is 24.3. The van der Waals surface area contributed by atoms with E-state index >= 15 is 0 Å². The largest absolute Gasteiger partial charge is 0.407 e. The molecule has 1 aliphatic heterocycles. The van der Waals surface area contributed by atoms with Gasteiger partial charge in [0.15, 0.2) is 0 Å². The van der Waals surface area contributed by atoms with Crippen LogP contribution in [-0.2, 0) is 13.6 Å². The van der Waals surface area contributed by atoms with E-state index in [2.05, 4.69) is 0 Å². The topological polar surface area (TPSA) is 38.8 Å². The second-order valence-electron chi connectivity index (χ2n) is 3.95. The number of hydrogen-bond acceptors (Lipinski definition) is 3. The number of rotatable bonds is 1. The first-order chi connectivity index (χ1) is 6.12. The standard InChI is InChI=1S/C8H16NO3P/c1-9(2)13(10)11-6-7-4-3-5-8(7)12-13/h7-8H,3-6H2,1-2H3/t7-,8+,13-/m1/s1. The zero-order valence-corrected chi connectivity index (χ0v) is 9.00. The van der Waals surface area contributed by atoms with Crippen LogP contribution in [0.2, 0.25) is 0 Å². The van der Waals surface area contributed by atoms with Crippen LogP contribution in [0.4, 0.5) is 0 Å². The third-order valence-corrected chi connectivity index (χ3v) is 4.79. The summed E-state index contributed by atoms with van der Waals surface area (Å²) in [6.07, 6.45) is 3.53. The second-order valence-corrected chi connectivity index (χ2v) is 6.15. The highest BCUT2D eigenvalue weighted by Gasteiger charge is 2.43. The maximum Gasteiger partial charge on any atom is 0.407 e. The zero-order valence-electron chi connectivity index (χ0n) is 8.10. The average molecular weight is 205 g/mol. The molecule has 0 amide bonds. The molecular weight excluding hydrogens is 189 g/mol. The Balaban J connectivity index is 2.08. The van der Waals surface area contributed by atoms with Crippen molar-refractivity contribution >= 4 is 7.75 Å². The van der Waals surface area contributed by atoms with Crippen molar-refractivity contribution in [2.24, 2.45) is 5.92 Å². The Labute approximate surface area is 78.8 Å². The van der Waals surface area contributed by atoms with Gasteiger partial charge in [0, 0.05) is 5.92 Å². The molecule has 0 bridgehead atoms. The molecule has 76 valence electrons. The Hall–Kier alpha value is 0.110. The summed E-state index contributed by atoms with van der Waals surface area (Å²) in [5, 5.41) is 0. The molecule has 2 aliphatic rings. The van der Waals surface area contributed by atoms with Gasteiger partial charge in [-0.1, -0.05) is 6.42 Å². The molecule has 1 saturated heterocycles. The molecule has 0 aromatic rings. The molecule has 2 rings (SSSR count). The highest BCUT2D eigenvalue weighted by atomic mass is 31.2. The quantitative estimate of drug-likeness (QED) is 0.612. The summed E-state index contributed by atoms with van der Waals surface area (Å²) in [6.45, 7) is 0.597. The van der Waals surface area contributed by atoms with E-state index in [1.807, 2.05) is 0 Å². The van der Waals surface area contributed by atoms with E-state index < -0.39 is 7.75 Å². The van der Waals surface area contributed by atoms with Crippen molar-refractivity contribution < 1.29 is 13.6 Å². The molecule has 5 heteroatoms. The summed E-state index contributed by atoms with van der Waals surface area (Å²) in [5.41, 5.74) is 0. The van der Waals surface area contributed by atoms with E-state index in [-0.39, 0.29) is 6.10 Å². The molecule has 4 nitrogen and oxygen atoms in total. The third kappa shape index (κ3) is 1.68. The fraction of sp³-hybridized carbons (Fsp3) is 1.00. The van der Waals surface area contributed by atoms with Crippen LogP contribution in [-0.4, -0.2) is 31.5 Å². The van der Waals surface area contributed by atoms with Crippen LogP contribution in [0.1, 0.15) is 19.3 Å². The van der Waals surface area contributed by atoms with Gasteiger partial charge in [-0.05, 0) is 26.9 Å². The molecule has 1 heterocycles. The van der Waals surface area contributed by atoms with Crippen molar-refractivity contribution in [3.63, 3.8) is 0 Å². The Morgan fingerprint density at radius 3 is 2.85 bits per heavy atom. The number of hydrogen-bond donors (Lipinski definition) is 0. The smallest absolute Gasteiger partial charge is 0.296 e. The van der Waals surface area contributed by atoms with Gasteiger partial charge >= 0.3 is 7.75 Å². The molecule has 13 heavy (non-hydrogen) atoms. The normalized spacial score (nSPS) is 45.2. The lowest BCUT2D eigenvalue weighted by Gasteiger charge is -2.34. The molecule has 0 radical (unpaired) electrons. The first-order valence-corrected chi connectivity index (χ1v) is 6.22. The van der Waals surface area contributed by atoms with Gasteiger partial charge < -0.3 is 0 Å². The van der Waals surface area contributed by atoms with Gasteiger partial charge in [0.25, 0.3) is 0 Å². The van der Waals surface area contributed by atoms with Crippen molar-refractivity contribution in [1.82, 2.24) is 4.67 Å². The van der Waals surface area contributed by atoms with Crippen LogP contribution in [0.5, 0.6) is 0 Å². The third-order valence-electron chi connectivity index (χ3n) is 2.80. The van der Waals surface area contributed by atoms with Crippen LogP contribution in [0.15, 0.2) is 0 Å². The fourth-order valence-corrected chi connectivity index (χ4v) is 3.41. The molecule has 3 atom stereocenters. The summed E-state index contributed by atoms with van der Waals surface area (Å²) in [7, 11) is 0.542. The maximum atomic E-state index is 12.0. The number of nitrogens with zero attached hydrogens (tertiary/aromatic N) is 1. The fourth-order valence-electron chi connectivity index (χ4n) is 1.93. The van der Waals surface area contributed by atoms with Gasteiger partial charge in [0.2, 0.25) is 0 Å². The van der Waals surface area contributed by atoms with E-state index in [4.69, 9.17) is 9.05 Å². The van der Waals surface area contributed by atoms with Gasteiger partial charge in [-0.3, -0.25) is 9.05 Å². The Morgan fingerprint density at radius 1 is 1.38 bits per heavy atom. The van der Waals surface area contributed by atoms with Gasteiger partial charge in [-0.25, -0.2) is 9.24 Å². The van der Waals surface area contributed by atoms with Crippen LogP contribution in [0, 0.1) is 5.92 Å². The SMILES string of the molecule is CN(C)[P@@]1(=O)OC[C@H]2CCC[C@@H]2O1. The highest BCUT2D eigenvalue weighted by molar-refractivity contribution is 7.51. The van der Waals surface area contributed by atoms with Gasteiger partial charge in [0.05, 0.1) is 12.7 Å². The van der Waals surface area contributed by atoms with E-state index in [1.165, 1.54) is 6.42 Å². The molecular formula is C8H16NO3P. The lowest BCUT2D eigenvalue weighted by molar-refractivity contribution is 0.0285. The number of fused-ring (bicyclic) bond motifs is 1. The predicted molar refractivity (Wildman–Crippen MR) is 49.5 cm³/mol. The van der Waals surface area contributed by atoms with Crippen LogP contribution < -0.4 is 0 Å². The lowest BCUT2D eigenvalue weighted by Crippen LogP contribution is -2.31. The monoisotopic (exact) mass is 205 g/mol.